The van der Waals surface area contributed by atoms with E-state index in [4.69, 9.17) is 26.1 Å². The summed E-state index contributed by atoms with van der Waals surface area (Å²) >= 11 is 8.99. The van der Waals surface area contributed by atoms with Gasteiger partial charge in [-0.3, -0.25) is 9.36 Å². The number of fused-ring (bicyclic) bond motifs is 2. The number of esters is 1. The second-order valence-corrected chi connectivity index (χ2v) is 13.4. The van der Waals surface area contributed by atoms with Gasteiger partial charge in [-0.2, -0.15) is 0 Å². The number of carbonyl (C=O) groups is 1. The van der Waals surface area contributed by atoms with Crippen molar-refractivity contribution in [3.63, 3.8) is 0 Å². The molecule has 1 aliphatic heterocycles. The smallest absolute Gasteiger partial charge is 0.338 e. The van der Waals surface area contributed by atoms with Crippen LogP contribution in [0.15, 0.2) is 112 Å². The number of para-hydroxylation sites is 1. The fourth-order valence-corrected chi connectivity index (χ4v) is 7.77. The molecule has 0 amide bonds. The third-order valence-electron chi connectivity index (χ3n) is 8.02. The lowest BCUT2D eigenvalue weighted by atomic mass is 9.97. The molecule has 4 heterocycles. The van der Waals surface area contributed by atoms with E-state index in [0.29, 0.717) is 38.8 Å². The number of nitrogens with zero attached hydrogens (tertiary/aromatic N) is 3. The third kappa shape index (κ3) is 5.98. The molecule has 0 spiro atoms. The Bertz CT molecular complexity index is 2320. The van der Waals surface area contributed by atoms with Crippen LogP contribution < -0.4 is 19.6 Å². The molecule has 6 aromatic rings. The number of hydrogen-bond acceptors (Lipinski definition) is 7. The summed E-state index contributed by atoms with van der Waals surface area (Å²) in [7, 11) is 0. The maximum atomic E-state index is 14.3. The monoisotopic (exact) mass is 679 g/mol. The second-order valence-electron chi connectivity index (χ2n) is 11.0. The highest BCUT2D eigenvalue weighted by atomic mass is 35.5. The number of ether oxygens (including phenoxy) is 2. The molecule has 10 heteroatoms. The number of benzene rings is 3. The first-order valence-electron chi connectivity index (χ1n) is 15.2. The van der Waals surface area contributed by atoms with E-state index >= 15 is 0 Å². The lowest BCUT2D eigenvalue weighted by Gasteiger charge is -2.24. The molecule has 236 valence electrons. The normalized spacial score (nSPS) is 14.7. The van der Waals surface area contributed by atoms with E-state index in [9.17, 15) is 9.59 Å². The van der Waals surface area contributed by atoms with Gasteiger partial charge in [0.05, 0.1) is 29.0 Å². The Morgan fingerprint density at radius 1 is 1.04 bits per heavy atom. The highest BCUT2D eigenvalue weighted by Gasteiger charge is 2.35. The summed E-state index contributed by atoms with van der Waals surface area (Å²) in [5, 5.41) is 3.68. The zero-order valence-corrected chi connectivity index (χ0v) is 28.1. The van der Waals surface area contributed by atoms with Gasteiger partial charge in [-0.05, 0) is 61.2 Å². The third-order valence-corrected chi connectivity index (χ3v) is 10.4. The Morgan fingerprint density at radius 2 is 1.85 bits per heavy atom. The van der Waals surface area contributed by atoms with E-state index in [0.717, 1.165) is 38.2 Å². The molecule has 3 aromatic carbocycles. The summed E-state index contributed by atoms with van der Waals surface area (Å²) < 4.78 is 15.9. The molecule has 1 atom stereocenters. The number of carbonyl (C=O) groups excluding carboxylic acids is 1. The van der Waals surface area contributed by atoms with Gasteiger partial charge in [-0.25, -0.2) is 9.79 Å². The molecule has 0 saturated carbocycles. The second kappa shape index (κ2) is 13.2. The van der Waals surface area contributed by atoms with Gasteiger partial charge in [0.15, 0.2) is 4.80 Å². The Labute approximate surface area is 283 Å². The number of rotatable bonds is 9. The lowest BCUT2D eigenvalue weighted by molar-refractivity contribution is -0.138. The van der Waals surface area contributed by atoms with E-state index in [1.54, 1.807) is 11.5 Å². The van der Waals surface area contributed by atoms with Crippen molar-refractivity contribution in [2.75, 3.05) is 13.2 Å². The number of hydrogen-bond donors (Lipinski definition) is 0. The van der Waals surface area contributed by atoms with Gasteiger partial charge in [-0.1, -0.05) is 77.5 Å². The van der Waals surface area contributed by atoms with Gasteiger partial charge in [0, 0.05) is 38.1 Å². The Hall–Kier alpha value is -4.70. The Morgan fingerprint density at radius 3 is 2.62 bits per heavy atom. The highest BCUT2D eigenvalue weighted by molar-refractivity contribution is 7.10. The SMILES string of the molecule is CCOC(=O)C1=C(c2ccccc2)N=c2sc(=Cc3cn(CCOc4ccc(Cl)c(C)c4)c4ccccc34)c(=O)n2C1c1cccs1. The van der Waals surface area contributed by atoms with Crippen molar-refractivity contribution >= 4 is 62.9 Å². The quantitative estimate of drug-likeness (QED) is 0.154. The van der Waals surface area contributed by atoms with Crippen LogP contribution in [0.1, 0.15) is 34.5 Å². The fraction of sp³-hybridized carbons (Fsp3) is 0.162. The minimum atomic E-state index is -0.669. The minimum absolute atomic E-state index is 0.209. The van der Waals surface area contributed by atoms with Gasteiger partial charge >= 0.3 is 5.97 Å². The molecule has 7 rings (SSSR count). The summed E-state index contributed by atoms with van der Waals surface area (Å²) in [5.41, 5.74) is 4.36. The number of aromatic nitrogens is 2. The number of halogens is 1. The first-order valence-corrected chi connectivity index (χ1v) is 17.3. The molecule has 3 aromatic heterocycles. The van der Waals surface area contributed by atoms with Crippen molar-refractivity contribution in [2.45, 2.75) is 26.4 Å². The van der Waals surface area contributed by atoms with Crippen molar-refractivity contribution in [1.82, 2.24) is 9.13 Å². The first-order chi connectivity index (χ1) is 22.9. The van der Waals surface area contributed by atoms with E-state index < -0.39 is 12.0 Å². The van der Waals surface area contributed by atoms with E-state index in [1.165, 1.54) is 22.7 Å². The number of aryl methyl sites for hydroxylation is 1. The summed E-state index contributed by atoms with van der Waals surface area (Å²) in [6, 6.07) is 26.5. The molecular weight excluding hydrogens is 650 g/mol. The molecule has 1 unspecified atom stereocenters. The van der Waals surface area contributed by atoms with Crippen LogP contribution >= 0.6 is 34.3 Å². The standard InChI is InChI=1S/C37H30ClN3O4S2/c1-3-44-36(43)32-33(24-10-5-4-6-11-24)39-37-41(34(32)30-14-9-19-46-30)35(42)31(47-37)21-25-22-40(29-13-8-7-12-27(25)29)17-18-45-26-15-16-28(38)23(2)20-26/h4-16,19-22,34H,3,17-18H2,1-2H3. The van der Waals surface area contributed by atoms with Crippen molar-refractivity contribution in [3.05, 3.63) is 148 Å². The Balaban J connectivity index is 1.33. The van der Waals surface area contributed by atoms with Crippen molar-refractivity contribution in [2.24, 2.45) is 4.99 Å². The average molecular weight is 680 g/mol. The molecule has 7 nitrogen and oxygen atoms in total. The predicted molar refractivity (Wildman–Crippen MR) is 189 cm³/mol. The largest absolute Gasteiger partial charge is 0.492 e. The van der Waals surface area contributed by atoms with Gasteiger partial charge in [-0.15, -0.1) is 11.3 Å². The first kappa shape index (κ1) is 30.9. The lowest BCUT2D eigenvalue weighted by Crippen LogP contribution is -2.39. The average Bonchev–Trinajstić information content (AvgIpc) is 3.82. The summed E-state index contributed by atoms with van der Waals surface area (Å²) in [4.78, 5) is 34.2. The van der Waals surface area contributed by atoms with Gasteiger partial charge in [0.2, 0.25) is 0 Å². The summed E-state index contributed by atoms with van der Waals surface area (Å²) in [6.07, 6.45) is 3.98. The van der Waals surface area contributed by atoms with Crippen LogP contribution in [0.4, 0.5) is 0 Å². The minimum Gasteiger partial charge on any atom is -0.492 e. The van der Waals surface area contributed by atoms with Crippen molar-refractivity contribution in [1.29, 1.82) is 0 Å². The Kier molecular flexibility index (Phi) is 8.68. The zero-order chi connectivity index (χ0) is 32.5. The molecule has 0 N–H and O–H groups in total. The van der Waals surface area contributed by atoms with Crippen LogP contribution in [-0.4, -0.2) is 28.3 Å². The van der Waals surface area contributed by atoms with Crippen LogP contribution in [0.3, 0.4) is 0 Å². The van der Waals surface area contributed by atoms with E-state index in [2.05, 4.69) is 22.9 Å². The van der Waals surface area contributed by atoms with Crippen LogP contribution in [0.2, 0.25) is 5.02 Å². The fourth-order valence-electron chi connectivity index (χ4n) is 5.84. The molecule has 0 aliphatic carbocycles. The van der Waals surface area contributed by atoms with Crippen LogP contribution in [-0.2, 0) is 16.1 Å². The molecule has 1 aliphatic rings. The van der Waals surface area contributed by atoms with Gasteiger partial charge < -0.3 is 14.0 Å². The maximum Gasteiger partial charge on any atom is 0.338 e. The molecular formula is C37H30ClN3O4S2. The number of thiazole rings is 1. The molecule has 47 heavy (non-hydrogen) atoms. The highest BCUT2D eigenvalue weighted by Crippen LogP contribution is 2.37. The van der Waals surface area contributed by atoms with Crippen LogP contribution in [0.25, 0.3) is 22.7 Å². The summed E-state index contributed by atoms with van der Waals surface area (Å²) in [5.74, 6) is 0.281. The van der Waals surface area contributed by atoms with E-state index in [1.807, 2.05) is 91.2 Å². The van der Waals surface area contributed by atoms with Gasteiger partial charge in [0.25, 0.3) is 5.56 Å². The van der Waals surface area contributed by atoms with E-state index in [-0.39, 0.29) is 12.2 Å². The summed E-state index contributed by atoms with van der Waals surface area (Å²) in [6.45, 7) is 5.01. The van der Waals surface area contributed by atoms with Crippen LogP contribution in [0, 0.1) is 6.92 Å². The zero-order valence-electron chi connectivity index (χ0n) is 25.7. The van der Waals surface area contributed by atoms with Crippen molar-refractivity contribution in [3.8, 4) is 5.75 Å². The molecule has 0 fully saturated rings. The topological polar surface area (TPSA) is 74.8 Å². The predicted octanol–water partition coefficient (Wildman–Crippen LogP) is 6.99. The number of thiophene rings is 1. The molecule has 0 bridgehead atoms. The molecule has 0 radical (unpaired) electrons. The molecule has 0 saturated heterocycles. The maximum absolute atomic E-state index is 14.3. The van der Waals surface area contributed by atoms with Crippen LogP contribution in [0.5, 0.6) is 5.75 Å². The van der Waals surface area contributed by atoms with Crippen molar-refractivity contribution < 1.29 is 14.3 Å². The van der Waals surface area contributed by atoms with Gasteiger partial charge in [0.1, 0.15) is 18.4 Å².